The third-order valence-corrected chi connectivity index (χ3v) is 6.06. The number of nitrogens with zero attached hydrogens (tertiary/aromatic N) is 4. The Morgan fingerprint density at radius 2 is 1.82 bits per heavy atom. The van der Waals surface area contributed by atoms with E-state index in [9.17, 15) is 18.8 Å². The van der Waals surface area contributed by atoms with Crippen molar-refractivity contribution in [2.45, 2.75) is 59.6 Å². The Hall–Kier alpha value is -3.43. The molecule has 1 N–H and O–H groups in total. The van der Waals surface area contributed by atoms with E-state index in [0.29, 0.717) is 47.7 Å². The van der Waals surface area contributed by atoms with Gasteiger partial charge < -0.3 is 10.1 Å². The standard InChI is InChI=1S/C24H30FN5O4/c1-13-11-16(12-14(2)18(13)25)30-20(31)17-7-9-28(23(33)34-24(4,5)6)15(3)19(17)27-21(30)29-10-8-26-22(29)32/h11-12,15H,7-10H2,1-6H3,(H,26,32)/t15-/m0/s1. The molecule has 10 heteroatoms. The van der Waals surface area contributed by atoms with Crippen LogP contribution in [0.5, 0.6) is 0 Å². The number of nitrogens with one attached hydrogen (secondary N) is 1. The number of rotatable bonds is 2. The molecule has 0 radical (unpaired) electrons. The second-order valence-corrected chi connectivity index (χ2v) is 9.79. The van der Waals surface area contributed by atoms with Crippen molar-refractivity contribution in [2.24, 2.45) is 0 Å². The zero-order valence-electron chi connectivity index (χ0n) is 20.4. The van der Waals surface area contributed by atoms with E-state index >= 15 is 0 Å². The average Bonchev–Trinajstić information content (AvgIpc) is 3.16. The SMILES string of the molecule is Cc1cc(-n2c(N3CCNC3=O)nc3c(c2=O)CCN(C(=O)OC(C)(C)C)[C@H]3C)cc(C)c1F. The van der Waals surface area contributed by atoms with Gasteiger partial charge >= 0.3 is 12.1 Å². The molecule has 1 atom stereocenters. The monoisotopic (exact) mass is 471 g/mol. The van der Waals surface area contributed by atoms with Crippen molar-refractivity contribution in [3.05, 3.63) is 50.7 Å². The molecule has 9 nitrogen and oxygen atoms in total. The highest BCUT2D eigenvalue weighted by molar-refractivity contribution is 5.92. The van der Waals surface area contributed by atoms with E-state index < -0.39 is 17.7 Å². The number of amides is 3. The first-order valence-corrected chi connectivity index (χ1v) is 11.4. The number of carbonyl (C=O) groups is 2. The third-order valence-electron chi connectivity index (χ3n) is 6.06. The molecule has 1 saturated heterocycles. The van der Waals surface area contributed by atoms with Crippen LogP contribution >= 0.6 is 0 Å². The van der Waals surface area contributed by atoms with Gasteiger partial charge in [-0.3, -0.25) is 14.6 Å². The number of anilines is 1. The Bertz CT molecular complexity index is 1210. The number of urea groups is 1. The van der Waals surface area contributed by atoms with Gasteiger partial charge in [0.05, 0.1) is 17.4 Å². The van der Waals surface area contributed by atoms with Gasteiger partial charge in [-0.2, -0.15) is 0 Å². The number of hydrogen-bond acceptors (Lipinski definition) is 5. The van der Waals surface area contributed by atoms with Crippen LogP contribution in [0, 0.1) is 19.7 Å². The Kier molecular flexibility index (Phi) is 5.87. The Morgan fingerprint density at radius 1 is 1.18 bits per heavy atom. The van der Waals surface area contributed by atoms with Gasteiger partial charge in [-0.25, -0.2) is 23.5 Å². The Morgan fingerprint density at radius 3 is 2.38 bits per heavy atom. The minimum atomic E-state index is -0.662. The third kappa shape index (κ3) is 4.12. The molecular formula is C24H30FN5O4. The molecule has 1 fully saturated rings. The lowest BCUT2D eigenvalue weighted by molar-refractivity contribution is 0.0154. The molecule has 2 aliphatic heterocycles. The van der Waals surface area contributed by atoms with Crippen LogP contribution in [-0.4, -0.2) is 51.8 Å². The smallest absolute Gasteiger partial charge is 0.410 e. The number of carbonyl (C=O) groups excluding carboxylic acids is 2. The highest BCUT2D eigenvalue weighted by atomic mass is 19.1. The molecule has 3 amide bonds. The Balaban J connectivity index is 1.89. The maximum absolute atomic E-state index is 14.3. The summed E-state index contributed by atoms with van der Waals surface area (Å²) in [6, 6.07) is 2.26. The summed E-state index contributed by atoms with van der Waals surface area (Å²) in [4.78, 5) is 46.8. The summed E-state index contributed by atoms with van der Waals surface area (Å²) in [6.45, 7) is 11.5. The second kappa shape index (κ2) is 8.41. The van der Waals surface area contributed by atoms with E-state index in [1.807, 2.05) is 0 Å². The first-order chi connectivity index (χ1) is 15.9. The molecule has 182 valence electrons. The van der Waals surface area contributed by atoms with Crippen LogP contribution in [0.4, 0.5) is 19.9 Å². The number of aryl methyl sites for hydroxylation is 2. The summed E-state index contributed by atoms with van der Waals surface area (Å²) < 4.78 is 21.2. The fourth-order valence-corrected chi connectivity index (χ4v) is 4.41. The molecule has 3 heterocycles. The predicted molar refractivity (Wildman–Crippen MR) is 125 cm³/mol. The van der Waals surface area contributed by atoms with Gasteiger partial charge in [0.2, 0.25) is 5.95 Å². The number of ether oxygens (including phenoxy) is 1. The number of hydrogen-bond donors (Lipinski definition) is 1. The molecular weight excluding hydrogens is 441 g/mol. The minimum absolute atomic E-state index is 0.141. The molecule has 1 aromatic carbocycles. The zero-order valence-corrected chi connectivity index (χ0v) is 20.4. The van der Waals surface area contributed by atoms with E-state index in [1.54, 1.807) is 58.6 Å². The summed E-state index contributed by atoms with van der Waals surface area (Å²) in [6.07, 6.45) is -0.196. The van der Waals surface area contributed by atoms with Crippen LogP contribution in [0.3, 0.4) is 0 Å². The molecule has 0 saturated carbocycles. The minimum Gasteiger partial charge on any atom is -0.444 e. The highest BCUT2D eigenvalue weighted by Crippen LogP contribution is 2.31. The fourth-order valence-electron chi connectivity index (χ4n) is 4.41. The topological polar surface area (TPSA) is 96.8 Å². The predicted octanol–water partition coefficient (Wildman–Crippen LogP) is 3.37. The van der Waals surface area contributed by atoms with Crippen LogP contribution in [0.15, 0.2) is 16.9 Å². The van der Waals surface area contributed by atoms with Crippen LogP contribution in [-0.2, 0) is 11.2 Å². The van der Waals surface area contributed by atoms with Gasteiger partial charge in [0.15, 0.2) is 0 Å². The fraction of sp³-hybridized carbons (Fsp3) is 0.500. The van der Waals surface area contributed by atoms with Crippen molar-refractivity contribution in [1.29, 1.82) is 0 Å². The summed E-state index contributed by atoms with van der Waals surface area (Å²) in [5.41, 5.74) is 1.13. The molecule has 0 unspecified atom stereocenters. The van der Waals surface area contributed by atoms with Crippen LogP contribution in [0.1, 0.15) is 56.1 Å². The molecule has 0 spiro atoms. The van der Waals surface area contributed by atoms with Gasteiger partial charge in [0.1, 0.15) is 11.4 Å². The second-order valence-electron chi connectivity index (χ2n) is 9.79. The lowest BCUT2D eigenvalue weighted by Crippen LogP contribution is -2.46. The number of benzene rings is 1. The molecule has 0 aliphatic carbocycles. The van der Waals surface area contributed by atoms with Gasteiger partial charge in [-0.15, -0.1) is 0 Å². The average molecular weight is 472 g/mol. The van der Waals surface area contributed by atoms with Gasteiger partial charge in [0, 0.05) is 25.2 Å². The van der Waals surface area contributed by atoms with E-state index in [-0.39, 0.29) is 29.8 Å². The molecule has 2 aliphatic rings. The van der Waals surface area contributed by atoms with E-state index in [1.165, 1.54) is 9.47 Å². The number of aromatic nitrogens is 2. The maximum Gasteiger partial charge on any atom is 0.410 e. The van der Waals surface area contributed by atoms with Crippen LogP contribution < -0.4 is 15.8 Å². The highest BCUT2D eigenvalue weighted by Gasteiger charge is 2.36. The van der Waals surface area contributed by atoms with E-state index in [2.05, 4.69) is 5.32 Å². The van der Waals surface area contributed by atoms with Crippen molar-refractivity contribution in [2.75, 3.05) is 24.5 Å². The molecule has 34 heavy (non-hydrogen) atoms. The van der Waals surface area contributed by atoms with Crippen molar-refractivity contribution in [1.82, 2.24) is 19.8 Å². The summed E-state index contributed by atoms with van der Waals surface area (Å²) >= 11 is 0. The molecule has 4 rings (SSSR count). The van der Waals surface area contributed by atoms with Crippen molar-refractivity contribution < 1.29 is 18.7 Å². The summed E-state index contributed by atoms with van der Waals surface area (Å²) in [7, 11) is 0. The zero-order chi connectivity index (χ0) is 24.9. The van der Waals surface area contributed by atoms with Crippen molar-refractivity contribution in [3.8, 4) is 5.69 Å². The quantitative estimate of drug-likeness (QED) is 0.724. The van der Waals surface area contributed by atoms with Gasteiger partial charge in [-0.05, 0) is 71.2 Å². The largest absolute Gasteiger partial charge is 0.444 e. The first kappa shape index (κ1) is 23.7. The summed E-state index contributed by atoms with van der Waals surface area (Å²) in [5.74, 6) is -0.202. The Labute approximate surface area is 197 Å². The number of fused-ring (bicyclic) bond motifs is 1. The normalized spacial score (nSPS) is 18.1. The first-order valence-electron chi connectivity index (χ1n) is 11.4. The summed E-state index contributed by atoms with van der Waals surface area (Å²) in [5, 5.41) is 2.73. The van der Waals surface area contributed by atoms with E-state index in [4.69, 9.17) is 9.72 Å². The molecule has 2 aromatic rings. The lowest BCUT2D eigenvalue weighted by atomic mass is 10.00. The van der Waals surface area contributed by atoms with E-state index in [0.717, 1.165) is 0 Å². The molecule has 0 bridgehead atoms. The maximum atomic E-state index is 14.3. The number of halogens is 1. The van der Waals surface area contributed by atoms with Crippen LogP contribution in [0.2, 0.25) is 0 Å². The lowest BCUT2D eigenvalue weighted by Gasteiger charge is -2.36. The molecule has 1 aromatic heterocycles. The van der Waals surface area contributed by atoms with Crippen molar-refractivity contribution in [3.63, 3.8) is 0 Å². The van der Waals surface area contributed by atoms with Gasteiger partial charge in [-0.1, -0.05) is 0 Å². The van der Waals surface area contributed by atoms with Gasteiger partial charge in [0.25, 0.3) is 5.56 Å². The van der Waals surface area contributed by atoms with Crippen molar-refractivity contribution >= 4 is 18.1 Å². The van der Waals surface area contributed by atoms with Crippen LogP contribution in [0.25, 0.3) is 5.69 Å².